The molecule has 1 aliphatic rings. The van der Waals surface area contributed by atoms with Crippen molar-refractivity contribution in [3.05, 3.63) is 41.0 Å². The lowest BCUT2D eigenvalue weighted by Crippen LogP contribution is -2.27. The molecule has 0 aliphatic carbocycles. The third-order valence-electron chi connectivity index (χ3n) is 4.12. The normalized spacial score (nSPS) is 14.9. The maximum Gasteiger partial charge on any atom is 0.277 e. The third kappa shape index (κ3) is 2.27. The van der Waals surface area contributed by atoms with Crippen molar-refractivity contribution in [2.45, 2.75) is 13.0 Å². The van der Waals surface area contributed by atoms with Crippen molar-refractivity contribution in [2.24, 2.45) is 0 Å². The highest BCUT2D eigenvalue weighted by Crippen LogP contribution is 2.24. The first-order chi connectivity index (χ1) is 11.1. The summed E-state index contributed by atoms with van der Waals surface area (Å²) >= 11 is 0. The second-order valence-electron chi connectivity index (χ2n) is 5.71. The molecule has 7 nitrogen and oxygen atoms in total. The molecule has 4 rings (SSSR count). The van der Waals surface area contributed by atoms with Crippen molar-refractivity contribution in [2.75, 3.05) is 18.9 Å². The molecule has 3 aromatic rings. The Morgan fingerprint density at radius 1 is 1.35 bits per heavy atom. The van der Waals surface area contributed by atoms with Crippen LogP contribution < -0.4 is 5.32 Å². The largest absolute Gasteiger partial charge is 0.303 e. The molecular weight excluding hydrogens is 299 g/mol. The SMILES string of the molecule is CN1CCc2[nH]nc(C(=O)Nc3n[nH]c4c(F)cccc34)c2C1. The van der Waals surface area contributed by atoms with Crippen LogP contribution in [0.3, 0.4) is 0 Å². The van der Waals surface area contributed by atoms with Crippen molar-refractivity contribution in [1.82, 2.24) is 25.3 Å². The fourth-order valence-electron chi connectivity index (χ4n) is 2.89. The molecule has 0 radical (unpaired) electrons. The number of anilines is 1. The first-order valence-electron chi connectivity index (χ1n) is 7.32. The number of hydrogen-bond acceptors (Lipinski definition) is 4. The van der Waals surface area contributed by atoms with E-state index in [4.69, 9.17) is 0 Å². The lowest BCUT2D eigenvalue weighted by Gasteiger charge is -2.22. The Bertz CT molecular complexity index is 899. The lowest BCUT2D eigenvalue weighted by atomic mass is 10.1. The summed E-state index contributed by atoms with van der Waals surface area (Å²) in [6.45, 7) is 1.60. The fourth-order valence-corrected chi connectivity index (χ4v) is 2.89. The summed E-state index contributed by atoms with van der Waals surface area (Å²) in [5, 5.41) is 16.9. The molecular formula is C15H15FN6O. The van der Waals surface area contributed by atoms with Gasteiger partial charge in [-0.05, 0) is 19.2 Å². The summed E-state index contributed by atoms with van der Waals surface area (Å²) in [4.78, 5) is 14.7. The van der Waals surface area contributed by atoms with E-state index in [-0.39, 0.29) is 11.4 Å². The molecule has 0 fully saturated rings. The third-order valence-corrected chi connectivity index (χ3v) is 4.12. The topological polar surface area (TPSA) is 89.7 Å². The Hall–Kier alpha value is -2.74. The van der Waals surface area contributed by atoms with Gasteiger partial charge in [0.05, 0.1) is 0 Å². The van der Waals surface area contributed by atoms with Gasteiger partial charge in [-0.2, -0.15) is 10.2 Å². The predicted octanol–water partition coefficient (Wildman–Crippen LogP) is 1.67. The van der Waals surface area contributed by atoms with Gasteiger partial charge in [-0.1, -0.05) is 6.07 Å². The minimum absolute atomic E-state index is 0.270. The number of para-hydroxylation sites is 1. The molecule has 118 valence electrons. The Morgan fingerprint density at radius 2 is 2.22 bits per heavy atom. The maximum absolute atomic E-state index is 13.7. The number of aromatic amines is 2. The Balaban J connectivity index is 1.65. The van der Waals surface area contributed by atoms with Gasteiger partial charge in [0.25, 0.3) is 5.91 Å². The fraction of sp³-hybridized carbons (Fsp3) is 0.267. The van der Waals surface area contributed by atoms with E-state index in [1.807, 2.05) is 7.05 Å². The average molecular weight is 314 g/mol. The van der Waals surface area contributed by atoms with E-state index in [0.717, 1.165) is 24.2 Å². The molecule has 1 amide bonds. The molecule has 0 unspecified atom stereocenters. The van der Waals surface area contributed by atoms with Crippen LogP contribution in [0, 0.1) is 5.82 Å². The number of aromatic nitrogens is 4. The molecule has 1 aliphatic heterocycles. The van der Waals surface area contributed by atoms with Gasteiger partial charge in [-0.3, -0.25) is 15.0 Å². The lowest BCUT2D eigenvalue weighted by molar-refractivity contribution is 0.102. The second-order valence-corrected chi connectivity index (χ2v) is 5.71. The maximum atomic E-state index is 13.7. The minimum atomic E-state index is -0.408. The summed E-state index contributed by atoms with van der Waals surface area (Å²) in [5.41, 5.74) is 2.53. The molecule has 3 N–H and O–H groups in total. The van der Waals surface area contributed by atoms with Crippen molar-refractivity contribution in [1.29, 1.82) is 0 Å². The first kappa shape index (κ1) is 13.9. The Labute approximate surface area is 130 Å². The van der Waals surface area contributed by atoms with Gasteiger partial charge < -0.3 is 10.2 Å². The summed E-state index contributed by atoms with van der Waals surface area (Å²) in [7, 11) is 2.00. The molecule has 3 heterocycles. The number of H-pyrrole nitrogens is 2. The molecule has 8 heteroatoms. The van der Waals surface area contributed by atoms with Crippen molar-refractivity contribution >= 4 is 22.6 Å². The van der Waals surface area contributed by atoms with Crippen LogP contribution in [0.4, 0.5) is 10.2 Å². The van der Waals surface area contributed by atoms with E-state index in [1.165, 1.54) is 6.07 Å². The van der Waals surface area contributed by atoms with E-state index in [2.05, 4.69) is 30.6 Å². The second kappa shape index (κ2) is 5.17. The monoisotopic (exact) mass is 314 g/mol. The molecule has 23 heavy (non-hydrogen) atoms. The molecule has 2 aromatic heterocycles. The van der Waals surface area contributed by atoms with Gasteiger partial charge in [-0.15, -0.1) is 0 Å². The molecule has 0 atom stereocenters. The molecule has 0 saturated carbocycles. The number of rotatable bonds is 2. The van der Waals surface area contributed by atoms with Crippen molar-refractivity contribution < 1.29 is 9.18 Å². The van der Waals surface area contributed by atoms with Gasteiger partial charge in [0.15, 0.2) is 11.5 Å². The number of likely N-dealkylation sites (N-methyl/N-ethyl adjacent to an activating group) is 1. The number of halogens is 1. The quantitative estimate of drug-likeness (QED) is 0.671. The summed E-state index contributed by atoms with van der Waals surface area (Å²) < 4.78 is 13.7. The van der Waals surface area contributed by atoms with Crippen LogP contribution in [0.2, 0.25) is 0 Å². The number of fused-ring (bicyclic) bond motifs is 2. The van der Waals surface area contributed by atoms with E-state index in [1.54, 1.807) is 12.1 Å². The number of benzene rings is 1. The van der Waals surface area contributed by atoms with Crippen molar-refractivity contribution in [3.8, 4) is 0 Å². The van der Waals surface area contributed by atoms with Crippen LogP contribution in [0.25, 0.3) is 10.9 Å². The summed E-state index contributed by atoms with van der Waals surface area (Å²) in [6, 6.07) is 4.62. The molecule has 0 saturated heterocycles. The highest BCUT2D eigenvalue weighted by Gasteiger charge is 2.24. The zero-order chi connectivity index (χ0) is 16.0. The number of nitrogens with one attached hydrogen (secondary N) is 3. The average Bonchev–Trinajstić information content (AvgIpc) is 3.12. The number of carbonyl (C=O) groups excluding carboxylic acids is 1. The van der Waals surface area contributed by atoms with Crippen molar-refractivity contribution in [3.63, 3.8) is 0 Å². The van der Waals surface area contributed by atoms with E-state index < -0.39 is 5.82 Å². The zero-order valence-electron chi connectivity index (χ0n) is 12.5. The summed E-state index contributed by atoms with van der Waals surface area (Å²) in [5.74, 6) is -0.463. The molecule has 0 bridgehead atoms. The van der Waals surface area contributed by atoms with Crippen LogP contribution in [0.5, 0.6) is 0 Å². The van der Waals surface area contributed by atoms with Crippen LogP contribution in [0.1, 0.15) is 21.7 Å². The predicted molar refractivity (Wildman–Crippen MR) is 82.6 cm³/mol. The highest BCUT2D eigenvalue weighted by molar-refractivity contribution is 6.07. The van der Waals surface area contributed by atoms with Gasteiger partial charge in [0, 0.05) is 36.2 Å². The number of nitrogens with zero attached hydrogens (tertiary/aromatic N) is 3. The van der Waals surface area contributed by atoms with Gasteiger partial charge >= 0.3 is 0 Å². The van der Waals surface area contributed by atoms with Gasteiger partial charge in [0.1, 0.15) is 11.3 Å². The van der Waals surface area contributed by atoms with Gasteiger partial charge in [-0.25, -0.2) is 4.39 Å². The van der Waals surface area contributed by atoms with E-state index in [9.17, 15) is 9.18 Å². The van der Waals surface area contributed by atoms with Crippen LogP contribution in [-0.4, -0.2) is 44.8 Å². The smallest absolute Gasteiger partial charge is 0.277 e. The number of hydrogen-bond donors (Lipinski definition) is 3. The number of carbonyl (C=O) groups is 1. The van der Waals surface area contributed by atoms with E-state index >= 15 is 0 Å². The Kier molecular flexibility index (Phi) is 3.12. The highest BCUT2D eigenvalue weighted by atomic mass is 19.1. The zero-order valence-corrected chi connectivity index (χ0v) is 12.5. The van der Waals surface area contributed by atoms with Crippen LogP contribution in [0.15, 0.2) is 18.2 Å². The van der Waals surface area contributed by atoms with Gasteiger partial charge in [0.2, 0.25) is 0 Å². The van der Waals surface area contributed by atoms with Crippen LogP contribution in [-0.2, 0) is 13.0 Å². The number of amides is 1. The summed E-state index contributed by atoms with van der Waals surface area (Å²) in [6.07, 6.45) is 0.836. The first-order valence-corrected chi connectivity index (χ1v) is 7.32. The van der Waals surface area contributed by atoms with E-state index in [0.29, 0.717) is 23.4 Å². The standard InChI is InChI=1S/C15H15FN6O/c1-22-6-5-11-9(7-22)13(20-18-11)15(23)17-14-8-3-2-4-10(16)12(8)19-21-14/h2-4H,5-7H2,1H3,(H,18,20)(H2,17,19,21,23). The Morgan fingerprint density at radius 3 is 3.09 bits per heavy atom. The minimum Gasteiger partial charge on any atom is -0.303 e. The molecule has 0 spiro atoms. The van der Waals surface area contributed by atoms with Crippen LogP contribution >= 0.6 is 0 Å². The molecule has 1 aromatic carbocycles.